The van der Waals surface area contributed by atoms with Gasteiger partial charge in [-0.1, -0.05) is 12.1 Å². The summed E-state index contributed by atoms with van der Waals surface area (Å²) in [5.41, 5.74) is 2.40. The number of hydrogen-bond acceptors (Lipinski definition) is 6. The van der Waals surface area contributed by atoms with E-state index in [1.165, 1.54) is 7.11 Å². The number of pyridine rings is 1. The van der Waals surface area contributed by atoms with Crippen molar-refractivity contribution in [2.45, 2.75) is 13.1 Å². The quantitative estimate of drug-likeness (QED) is 0.871. The maximum absolute atomic E-state index is 12.2. The predicted octanol–water partition coefficient (Wildman–Crippen LogP) is 2.51. The number of benzene rings is 1. The van der Waals surface area contributed by atoms with Crippen molar-refractivity contribution in [3.05, 3.63) is 65.1 Å². The van der Waals surface area contributed by atoms with Gasteiger partial charge in [-0.05, 0) is 29.8 Å². The van der Waals surface area contributed by atoms with Gasteiger partial charge in [-0.3, -0.25) is 4.98 Å². The number of aliphatic hydroxyl groups is 1. The molecule has 1 aromatic heterocycles. The number of nitrogens with zero attached hydrogens (tertiary/aromatic N) is 2. The van der Waals surface area contributed by atoms with Gasteiger partial charge >= 0.3 is 5.97 Å². The van der Waals surface area contributed by atoms with Crippen molar-refractivity contribution in [3.63, 3.8) is 0 Å². The molecule has 0 radical (unpaired) electrons. The van der Waals surface area contributed by atoms with Gasteiger partial charge in [-0.15, -0.1) is 0 Å². The molecule has 0 spiro atoms. The van der Waals surface area contributed by atoms with Gasteiger partial charge in [0.05, 0.1) is 26.5 Å². The first-order valence-corrected chi connectivity index (χ1v) is 7.47. The first-order chi connectivity index (χ1) is 11.6. The Bertz CT molecular complexity index is 784. The zero-order chi connectivity index (χ0) is 17.1. The van der Waals surface area contributed by atoms with Crippen LogP contribution in [0.2, 0.25) is 0 Å². The fourth-order valence-electron chi connectivity index (χ4n) is 2.73. The Kier molecular flexibility index (Phi) is 4.37. The van der Waals surface area contributed by atoms with Gasteiger partial charge in [0.1, 0.15) is 5.75 Å². The predicted molar refractivity (Wildman–Crippen MR) is 88.0 cm³/mol. The van der Waals surface area contributed by atoms with Crippen LogP contribution in [0.3, 0.4) is 0 Å². The standard InChI is InChI=1S/C18H18N2O4/c1-23-13-7-5-12(6-8-13)10-20-11-15-14(4-3-9-19-15)17(21)16(20)18(22)24-2/h3-9,21H,10-11H2,1-2H3. The summed E-state index contributed by atoms with van der Waals surface area (Å²) in [7, 11) is 2.91. The monoisotopic (exact) mass is 326 g/mol. The van der Waals surface area contributed by atoms with E-state index in [1.54, 1.807) is 30.3 Å². The Balaban J connectivity index is 1.96. The highest BCUT2D eigenvalue weighted by Gasteiger charge is 2.30. The van der Waals surface area contributed by atoms with Crippen molar-refractivity contribution in [1.82, 2.24) is 9.88 Å². The Labute approximate surface area is 140 Å². The minimum Gasteiger partial charge on any atom is -0.505 e. The Hall–Kier alpha value is -3.02. The first-order valence-electron chi connectivity index (χ1n) is 7.47. The second kappa shape index (κ2) is 6.62. The van der Waals surface area contributed by atoms with Crippen LogP contribution in [0.1, 0.15) is 16.8 Å². The minimum absolute atomic E-state index is 0.107. The Morgan fingerprint density at radius 1 is 1.25 bits per heavy atom. The lowest BCUT2D eigenvalue weighted by molar-refractivity contribution is -0.138. The number of carbonyl (C=O) groups is 1. The number of aliphatic hydroxyl groups excluding tert-OH is 1. The lowest BCUT2D eigenvalue weighted by atomic mass is 10.0. The molecule has 0 atom stereocenters. The van der Waals surface area contributed by atoms with Gasteiger partial charge in [0.2, 0.25) is 0 Å². The SMILES string of the molecule is COC(=O)C1=C(O)c2cccnc2CN1Cc1ccc(OC)cc1. The summed E-state index contributed by atoms with van der Waals surface area (Å²) in [5.74, 6) is 0.0798. The average molecular weight is 326 g/mol. The molecule has 2 aromatic rings. The molecule has 0 unspecified atom stereocenters. The van der Waals surface area contributed by atoms with E-state index in [9.17, 15) is 9.90 Å². The van der Waals surface area contributed by atoms with Crippen LogP contribution < -0.4 is 4.74 Å². The Morgan fingerprint density at radius 2 is 2.00 bits per heavy atom. The number of rotatable bonds is 4. The molecule has 0 aliphatic carbocycles. The highest BCUT2D eigenvalue weighted by atomic mass is 16.5. The molecule has 0 fully saturated rings. The van der Waals surface area contributed by atoms with Gasteiger partial charge in [0.25, 0.3) is 0 Å². The molecular formula is C18H18N2O4. The summed E-state index contributed by atoms with van der Waals surface area (Å²) in [4.78, 5) is 18.2. The van der Waals surface area contributed by atoms with Crippen LogP contribution in [-0.2, 0) is 22.6 Å². The molecule has 0 saturated heterocycles. The van der Waals surface area contributed by atoms with Gasteiger partial charge in [0.15, 0.2) is 11.5 Å². The fraction of sp³-hybridized carbons (Fsp3) is 0.222. The van der Waals surface area contributed by atoms with Crippen molar-refractivity contribution >= 4 is 11.7 Å². The third-order valence-corrected chi connectivity index (χ3v) is 3.94. The van der Waals surface area contributed by atoms with E-state index >= 15 is 0 Å². The molecule has 1 aromatic carbocycles. The number of carbonyl (C=O) groups excluding carboxylic acids is 1. The summed E-state index contributed by atoms with van der Waals surface area (Å²) in [6.07, 6.45) is 1.67. The highest BCUT2D eigenvalue weighted by molar-refractivity contribution is 5.96. The lowest BCUT2D eigenvalue weighted by Crippen LogP contribution is -2.32. The van der Waals surface area contributed by atoms with Crippen LogP contribution >= 0.6 is 0 Å². The van der Waals surface area contributed by atoms with Gasteiger partial charge in [-0.25, -0.2) is 4.79 Å². The van der Waals surface area contributed by atoms with E-state index in [-0.39, 0.29) is 11.5 Å². The van der Waals surface area contributed by atoms with E-state index in [4.69, 9.17) is 9.47 Å². The normalized spacial score (nSPS) is 13.5. The van der Waals surface area contributed by atoms with Crippen molar-refractivity contribution in [2.24, 2.45) is 0 Å². The second-order valence-corrected chi connectivity index (χ2v) is 5.39. The number of fused-ring (bicyclic) bond motifs is 1. The molecule has 3 rings (SSSR count). The van der Waals surface area contributed by atoms with E-state index in [1.807, 2.05) is 24.3 Å². The Morgan fingerprint density at radius 3 is 2.67 bits per heavy atom. The van der Waals surface area contributed by atoms with E-state index in [0.717, 1.165) is 17.0 Å². The molecule has 24 heavy (non-hydrogen) atoms. The van der Waals surface area contributed by atoms with Crippen LogP contribution in [0.4, 0.5) is 0 Å². The third-order valence-electron chi connectivity index (χ3n) is 3.94. The van der Waals surface area contributed by atoms with E-state index < -0.39 is 5.97 Å². The third kappa shape index (κ3) is 2.90. The van der Waals surface area contributed by atoms with Crippen LogP contribution in [-0.4, -0.2) is 35.2 Å². The molecule has 6 nitrogen and oxygen atoms in total. The fourth-order valence-corrected chi connectivity index (χ4v) is 2.73. The van der Waals surface area contributed by atoms with Crippen LogP contribution in [0.25, 0.3) is 5.76 Å². The van der Waals surface area contributed by atoms with E-state index in [0.29, 0.717) is 18.7 Å². The van der Waals surface area contributed by atoms with E-state index in [2.05, 4.69) is 4.98 Å². The summed E-state index contributed by atoms with van der Waals surface area (Å²) < 4.78 is 9.99. The second-order valence-electron chi connectivity index (χ2n) is 5.39. The van der Waals surface area contributed by atoms with Crippen molar-refractivity contribution in [2.75, 3.05) is 14.2 Å². The molecule has 2 heterocycles. The number of ether oxygens (including phenoxy) is 2. The van der Waals surface area contributed by atoms with Crippen molar-refractivity contribution < 1.29 is 19.4 Å². The molecule has 0 saturated carbocycles. The van der Waals surface area contributed by atoms with Crippen LogP contribution in [0, 0.1) is 0 Å². The largest absolute Gasteiger partial charge is 0.505 e. The smallest absolute Gasteiger partial charge is 0.358 e. The van der Waals surface area contributed by atoms with Gasteiger partial charge in [0, 0.05) is 18.3 Å². The van der Waals surface area contributed by atoms with Crippen molar-refractivity contribution in [3.8, 4) is 5.75 Å². The number of esters is 1. The average Bonchev–Trinajstić information content (AvgIpc) is 2.62. The van der Waals surface area contributed by atoms with Crippen LogP contribution in [0.5, 0.6) is 5.75 Å². The summed E-state index contributed by atoms with van der Waals surface area (Å²) in [6.45, 7) is 0.852. The molecule has 0 amide bonds. The number of hydrogen-bond donors (Lipinski definition) is 1. The summed E-state index contributed by atoms with van der Waals surface area (Å²) in [6, 6.07) is 11.0. The number of aromatic nitrogens is 1. The molecular weight excluding hydrogens is 308 g/mol. The zero-order valence-electron chi connectivity index (χ0n) is 13.5. The molecule has 0 bridgehead atoms. The van der Waals surface area contributed by atoms with Gasteiger partial charge in [-0.2, -0.15) is 0 Å². The molecule has 124 valence electrons. The summed E-state index contributed by atoms with van der Waals surface area (Å²) in [5, 5.41) is 10.5. The zero-order valence-corrected chi connectivity index (χ0v) is 13.5. The van der Waals surface area contributed by atoms with Crippen LogP contribution in [0.15, 0.2) is 48.3 Å². The number of methoxy groups -OCH3 is 2. The molecule has 1 N–H and O–H groups in total. The topological polar surface area (TPSA) is 71.9 Å². The first kappa shape index (κ1) is 15.9. The maximum Gasteiger partial charge on any atom is 0.358 e. The molecule has 1 aliphatic heterocycles. The molecule has 1 aliphatic rings. The van der Waals surface area contributed by atoms with Gasteiger partial charge < -0.3 is 19.5 Å². The summed E-state index contributed by atoms with van der Waals surface area (Å²) >= 11 is 0. The van der Waals surface area contributed by atoms with Crippen molar-refractivity contribution in [1.29, 1.82) is 0 Å². The maximum atomic E-state index is 12.2. The highest BCUT2D eigenvalue weighted by Crippen LogP contribution is 2.30. The lowest BCUT2D eigenvalue weighted by Gasteiger charge is -2.31. The minimum atomic E-state index is -0.574. The molecule has 6 heteroatoms.